The molecule has 0 aliphatic rings. The molecule has 0 spiro atoms. The molecule has 0 unspecified atom stereocenters. The van der Waals surface area contributed by atoms with Gasteiger partial charge in [-0.15, -0.1) is 10.2 Å². The highest BCUT2D eigenvalue weighted by atomic mass is 32.2. The Labute approximate surface area is 92.3 Å². The molecule has 4 nitrogen and oxygen atoms in total. The summed E-state index contributed by atoms with van der Waals surface area (Å²) in [6.45, 7) is 3.76. The van der Waals surface area contributed by atoms with E-state index in [0.717, 1.165) is 9.47 Å². The molecule has 1 aromatic heterocycles. The van der Waals surface area contributed by atoms with E-state index in [0.29, 0.717) is 0 Å². The van der Waals surface area contributed by atoms with E-state index in [1.165, 1.54) is 0 Å². The van der Waals surface area contributed by atoms with Gasteiger partial charge in [0.15, 0.2) is 4.34 Å². The molecule has 1 rings (SSSR count). The maximum absolute atomic E-state index is 9.32. The second-order valence-electron chi connectivity index (χ2n) is 3.31. The van der Waals surface area contributed by atoms with Gasteiger partial charge in [-0.1, -0.05) is 30.0 Å². The van der Waals surface area contributed by atoms with Crippen LogP contribution in [0.25, 0.3) is 0 Å². The molecule has 0 aromatic carbocycles. The minimum Gasteiger partial charge on any atom is -0.392 e. The molecule has 0 bridgehead atoms. The number of hydrogen-bond donors (Lipinski definition) is 1. The normalized spacial score (nSPS) is 15.2. The number of anilines is 1. The molecule has 0 saturated heterocycles. The van der Waals surface area contributed by atoms with Crippen molar-refractivity contribution in [1.29, 1.82) is 0 Å². The molecular formula is C8H15N3OS2. The Morgan fingerprint density at radius 1 is 1.36 bits per heavy atom. The van der Waals surface area contributed by atoms with E-state index in [-0.39, 0.29) is 11.4 Å². The Hall–Kier alpha value is -0.330. The van der Waals surface area contributed by atoms with Crippen LogP contribution in [-0.2, 0) is 0 Å². The van der Waals surface area contributed by atoms with E-state index in [2.05, 4.69) is 10.2 Å². The van der Waals surface area contributed by atoms with E-state index >= 15 is 0 Å². The summed E-state index contributed by atoms with van der Waals surface area (Å²) < 4.78 is 0.905. The van der Waals surface area contributed by atoms with Crippen molar-refractivity contribution in [3.63, 3.8) is 0 Å². The number of nitrogens with zero attached hydrogens (tertiary/aromatic N) is 3. The first kappa shape index (κ1) is 11.7. The van der Waals surface area contributed by atoms with Gasteiger partial charge in [0.05, 0.1) is 6.10 Å². The third kappa shape index (κ3) is 3.11. The van der Waals surface area contributed by atoms with Gasteiger partial charge in [-0.3, -0.25) is 0 Å². The van der Waals surface area contributed by atoms with Gasteiger partial charge in [0.2, 0.25) is 5.13 Å². The van der Waals surface area contributed by atoms with Gasteiger partial charge >= 0.3 is 0 Å². The molecule has 1 heterocycles. The summed E-state index contributed by atoms with van der Waals surface area (Å²) >= 11 is 3.10. The Morgan fingerprint density at radius 3 is 2.43 bits per heavy atom. The fourth-order valence-electron chi connectivity index (χ4n) is 0.688. The lowest BCUT2D eigenvalue weighted by Crippen LogP contribution is -2.14. The molecule has 0 aliphatic carbocycles. The van der Waals surface area contributed by atoms with Crippen LogP contribution in [0.5, 0.6) is 0 Å². The van der Waals surface area contributed by atoms with E-state index in [9.17, 15) is 5.11 Å². The van der Waals surface area contributed by atoms with Crippen LogP contribution in [0.4, 0.5) is 5.13 Å². The van der Waals surface area contributed by atoms with Crippen LogP contribution in [0, 0.1) is 0 Å². The largest absolute Gasteiger partial charge is 0.392 e. The molecule has 80 valence electrons. The number of aromatic nitrogens is 2. The third-order valence-corrected chi connectivity index (χ3v) is 4.22. The van der Waals surface area contributed by atoms with Crippen molar-refractivity contribution in [3.8, 4) is 0 Å². The summed E-state index contributed by atoms with van der Waals surface area (Å²) in [6.07, 6.45) is -0.327. The minimum atomic E-state index is -0.327. The zero-order valence-electron chi connectivity index (χ0n) is 8.76. The molecule has 14 heavy (non-hydrogen) atoms. The summed E-state index contributed by atoms with van der Waals surface area (Å²) in [4.78, 5) is 1.93. The van der Waals surface area contributed by atoms with Crippen LogP contribution in [-0.4, -0.2) is 40.8 Å². The average molecular weight is 233 g/mol. The van der Waals surface area contributed by atoms with Crippen LogP contribution in [0.2, 0.25) is 0 Å². The van der Waals surface area contributed by atoms with Crippen molar-refractivity contribution in [2.45, 2.75) is 29.5 Å². The predicted octanol–water partition coefficient (Wildman–Crippen LogP) is 1.47. The van der Waals surface area contributed by atoms with Crippen LogP contribution in [0.3, 0.4) is 0 Å². The molecule has 0 amide bonds. The lowest BCUT2D eigenvalue weighted by molar-refractivity contribution is 0.196. The third-order valence-electron chi connectivity index (χ3n) is 1.74. The fourth-order valence-corrected chi connectivity index (χ4v) is 2.66. The van der Waals surface area contributed by atoms with E-state index in [4.69, 9.17) is 0 Å². The fraction of sp³-hybridized carbons (Fsp3) is 0.750. The van der Waals surface area contributed by atoms with E-state index in [1.807, 2.05) is 25.9 Å². The Morgan fingerprint density at radius 2 is 2.00 bits per heavy atom. The molecular weight excluding hydrogens is 218 g/mol. The number of thioether (sulfide) groups is 1. The van der Waals surface area contributed by atoms with Crippen LogP contribution in [0.15, 0.2) is 4.34 Å². The van der Waals surface area contributed by atoms with Gasteiger partial charge in [0.25, 0.3) is 0 Å². The number of aliphatic hydroxyl groups excluding tert-OH is 1. The predicted molar refractivity (Wildman–Crippen MR) is 61.2 cm³/mol. The van der Waals surface area contributed by atoms with Gasteiger partial charge in [0, 0.05) is 19.3 Å². The van der Waals surface area contributed by atoms with Gasteiger partial charge in [-0.05, 0) is 6.92 Å². The highest BCUT2D eigenvalue weighted by Crippen LogP contribution is 2.30. The Bertz CT molecular complexity index is 288. The second kappa shape index (κ2) is 4.95. The van der Waals surface area contributed by atoms with Crippen LogP contribution < -0.4 is 4.90 Å². The van der Waals surface area contributed by atoms with Crippen molar-refractivity contribution in [2.24, 2.45) is 0 Å². The van der Waals surface area contributed by atoms with E-state index in [1.54, 1.807) is 30.0 Å². The van der Waals surface area contributed by atoms with Crippen molar-refractivity contribution in [1.82, 2.24) is 10.2 Å². The topological polar surface area (TPSA) is 49.3 Å². The first-order valence-corrected chi connectivity index (χ1v) is 6.06. The van der Waals surface area contributed by atoms with Crippen LogP contribution >= 0.6 is 23.1 Å². The van der Waals surface area contributed by atoms with Crippen molar-refractivity contribution in [2.75, 3.05) is 19.0 Å². The van der Waals surface area contributed by atoms with Crippen molar-refractivity contribution >= 4 is 28.2 Å². The highest BCUT2D eigenvalue weighted by molar-refractivity contribution is 8.01. The maximum atomic E-state index is 9.32. The van der Waals surface area contributed by atoms with Gasteiger partial charge < -0.3 is 10.0 Å². The van der Waals surface area contributed by atoms with E-state index < -0.39 is 0 Å². The number of aliphatic hydroxyl groups is 1. The first-order valence-electron chi connectivity index (χ1n) is 4.36. The molecule has 0 saturated carbocycles. The lowest BCUT2D eigenvalue weighted by atomic mass is 10.3. The second-order valence-corrected chi connectivity index (χ2v) is 5.89. The molecule has 0 fully saturated rings. The summed E-state index contributed by atoms with van der Waals surface area (Å²) in [5.74, 6) is 0. The van der Waals surface area contributed by atoms with Crippen molar-refractivity contribution in [3.05, 3.63) is 0 Å². The molecule has 0 aliphatic heterocycles. The molecule has 2 atom stereocenters. The van der Waals surface area contributed by atoms with Gasteiger partial charge in [-0.25, -0.2) is 0 Å². The quantitative estimate of drug-likeness (QED) is 0.798. The monoisotopic (exact) mass is 233 g/mol. The number of rotatable bonds is 4. The summed E-state index contributed by atoms with van der Waals surface area (Å²) in [5.41, 5.74) is 0. The SMILES string of the molecule is C[C@H](O)[C@@H](C)Sc1nnc(N(C)C)s1. The molecule has 0 radical (unpaired) electrons. The average Bonchev–Trinajstić information content (AvgIpc) is 2.52. The zero-order valence-corrected chi connectivity index (χ0v) is 10.4. The summed E-state index contributed by atoms with van der Waals surface area (Å²) in [7, 11) is 3.88. The first-order chi connectivity index (χ1) is 6.50. The minimum absolute atomic E-state index is 0.151. The summed E-state index contributed by atoms with van der Waals surface area (Å²) in [6, 6.07) is 0. The van der Waals surface area contributed by atoms with Crippen LogP contribution in [0.1, 0.15) is 13.8 Å². The molecule has 1 N–H and O–H groups in total. The van der Waals surface area contributed by atoms with Crippen molar-refractivity contribution < 1.29 is 5.11 Å². The maximum Gasteiger partial charge on any atom is 0.208 e. The number of hydrogen-bond acceptors (Lipinski definition) is 6. The zero-order chi connectivity index (χ0) is 10.7. The standard InChI is InChI=1S/C8H15N3OS2/c1-5(12)6(2)13-8-10-9-7(14-8)11(3)4/h5-6,12H,1-4H3/t5-,6+/m0/s1. The molecule has 6 heteroatoms. The smallest absolute Gasteiger partial charge is 0.208 e. The molecule has 1 aromatic rings. The van der Waals surface area contributed by atoms with Gasteiger partial charge in [0.1, 0.15) is 0 Å². The summed E-state index contributed by atoms with van der Waals surface area (Å²) in [5, 5.41) is 18.4. The lowest BCUT2D eigenvalue weighted by Gasteiger charge is -2.10. The Kier molecular flexibility index (Phi) is 4.15. The Balaban J connectivity index is 2.60. The highest BCUT2D eigenvalue weighted by Gasteiger charge is 2.14. The van der Waals surface area contributed by atoms with Gasteiger partial charge in [-0.2, -0.15) is 0 Å².